The number of fused-ring (bicyclic) bond motifs is 1. The van der Waals surface area contributed by atoms with Crippen LogP contribution in [0.25, 0.3) is 0 Å². The van der Waals surface area contributed by atoms with E-state index in [1.807, 2.05) is 0 Å². The van der Waals surface area contributed by atoms with Gasteiger partial charge in [0.25, 0.3) is 15.9 Å². The van der Waals surface area contributed by atoms with Crippen LogP contribution in [-0.2, 0) is 10.0 Å². The summed E-state index contributed by atoms with van der Waals surface area (Å²) in [5.41, 5.74) is 0.951. The molecule has 1 aliphatic carbocycles. The van der Waals surface area contributed by atoms with Gasteiger partial charge in [0, 0.05) is 28.8 Å². The van der Waals surface area contributed by atoms with Gasteiger partial charge in [-0.05, 0) is 55.3 Å². The number of thioether (sulfide) groups is 1. The van der Waals surface area contributed by atoms with E-state index in [2.05, 4.69) is 5.32 Å². The van der Waals surface area contributed by atoms with Crippen molar-refractivity contribution in [3.63, 3.8) is 0 Å². The number of nitrogens with zero attached hydrogens (tertiary/aromatic N) is 1. The summed E-state index contributed by atoms with van der Waals surface area (Å²) in [6, 6.07) is 10.2. The lowest BCUT2D eigenvalue weighted by molar-refractivity contribution is 0.0938. The van der Waals surface area contributed by atoms with Gasteiger partial charge >= 0.3 is 0 Å². The molecule has 0 aromatic heterocycles. The summed E-state index contributed by atoms with van der Waals surface area (Å²) in [4.78, 5) is 13.5. The Kier molecular flexibility index (Phi) is 5.33. The van der Waals surface area contributed by atoms with E-state index in [-0.39, 0.29) is 16.8 Å². The van der Waals surface area contributed by atoms with Crippen LogP contribution in [0.2, 0.25) is 0 Å². The zero-order chi connectivity index (χ0) is 19.7. The number of hydrogen-bond acceptors (Lipinski definition) is 4. The van der Waals surface area contributed by atoms with E-state index in [1.54, 1.807) is 30.0 Å². The van der Waals surface area contributed by atoms with Gasteiger partial charge in [-0.1, -0.05) is 12.8 Å². The molecule has 0 saturated heterocycles. The summed E-state index contributed by atoms with van der Waals surface area (Å²) >= 11 is 1.56. The number of anilines is 1. The van der Waals surface area contributed by atoms with E-state index in [4.69, 9.17) is 0 Å². The molecular formula is C20H21FN2O3S2. The summed E-state index contributed by atoms with van der Waals surface area (Å²) in [5.74, 6) is -0.0510. The van der Waals surface area contributed by atoms with E-state index >= 15 is 0 Å². The topological polar surface area (TPSA) is 66.5 Å². The fraction of sp³-hybridized carbons (Fsp3) is 0.350. The van der Waals surface area contributed by atoms with Crippen molar-refractivity contribution in [1.29, 1.82) is 0 Å². The van der Waals surface area contributed by atoms with Crippen LogP contribution in [0.15, 0.2) is 52.3 Å². The smallest absolute Gasteiger partial charge is 0.264 e. The van der Waals surface area contributed by atoms with Gasteiger partial charge in [0.05, 0.1) is 10.6 Å². The Morgan fingerprint density at radius 3 is 2.54 bits per heavy atom. The number of nitrogens with one attached hydrogen (secondary N) is 1. The maximum Gasteiger partial charge on any atom is 0.264 e. The molecule has 0 atom stereocenters. The largest absolute Gasteiger partial charge is 0.349 e. The van der Waals surface area contributed by atoms with E-state index in [0.29, 0.717) is 23.5 Å². The van der Waals surface area contributed by atoms with Crippen molar-refractivity contribution in [2.24, 2.45) is 0 Å². The number of amides is 1. The molecule has 148 valence electrons. The predicted molar refractivity (Wildman–Crippen MR) is 108 cm³/mol. The Morgan fingerprint density at radius 2 is 1.82 bits per heavy atom. The minimum atomic E-state index is -3.84. The number of benzene rings is 2. The number of rotatable bonds is 4. The Morgan fingerprint density at radius 1 is 1.11 bits per heavy atom. The first-order chi connectivity index (χ1) is 13.4. The van der Waals surface area contributed by atoms with Gasteiger partial charge in [-0.2, -0.15) is 0 Å². The van der Waals surface area contributed by atoms with Gasteiger partial charge in [-0.3, -0.25) is 9.10 Å². The second-order valence-electron chi connectivity index (χ2n) is 7.02. The lowest BCUT2D eigenvalue weighted by Gasteiger charge is -2.30. The average molecular weight is 421 g/mol. The molecule has 0 radical (unpaired) electrons. The monoisotopic (exact) mass is 420 g/mol. The molecule has 2 aromatic carbocycles. The van der Waals surface area contributed by atoms with Crippen molar-refractivity contribution in [2.75, 3.05) is 16.6 Å². The van der Waals surface area contributed by atoms with Gasteiger partial charge < -0.3 is 5.32 Å². The summed E-state index contributed by atoms with van der Waals surface area (Å²) in [6.07, 6.45) is 4.21. The Hall–Kier alpha value is -2.06. The minimum absolute atomic E-state index is 0.0348. The first-order valence-corrected chi connectivity index (χ1v) is 11.7. The summed E-state index contributed by atoms with van der Waals surface area (Å²) in [5, 5.41) is 3.04. The van der Waals surface area contributed by atoms with Gasteiger partial charge in [-0.15, -0.1) is 11.8 Å². The van der Waals surface area contributed by atoms with Crippen molar-refractivity contribution in [3.05, 3.63) is 53.8 Å². The zero-order valence-corrected chi connectivity index (χ0v) is 16.9. The highest BCUT2D eigenvalue weighted by Crippen LogP contribution is 2.38. The second-order valence-corrected chi connectivity index (χ2v) is 10.0. The van der Waals surface area contributed by atoms with Gasteiger partial charge in [0.1, 0.15) is 5.82 Å². The molecule has 0 unspecified atom stereocenters. The van der Waals surface area contributed by atoms with Crippen LogP contribution < -0.4 is 9.62 Å². The lowest BCUT2D eigenvalue weighted by atomic mass is 10.1. The van der Waals surface area contributed by atoms with Crippen molar-refractivity contribution in [2.45, 2.75) is 41.5 Å². The molecule has 1 saturated carbocycles. The van der Waals surface area contributed by atoms with E-state index in [9.17, 15) is 17.6 Å². The molecule has 1 aliphatic heterocycles. The van der Waals surface area contributed by atoms with Crippen LogP contribution in [-0.4, -0.2) is 32.7 Å². The van der Waals surface area contributed by atoms with Crippen LogP contribution in [0.5, 0.6) is 0 Å². The molecular weight excluding hydrogens is 399 g/mol. The third kappa shape index (κ3) is 3.75. The van der Waals surface area contributed by atoms with Gasteiger partial charge in [0.2, 0.25) is 0 Å². The highest BCUT2D eigenvalue weighted by molar-refractivity contribution is 8.00. The Balaban J connectivity index is 1.66. The predicted octanol–water partition coefficient (Wildman–Crippen LogP) is 3.80. The Labute approximate surface area is 168 Å². The maximum absolute atomic E-state index is 13.2. The lowest BCUT2D eigenvalue weighted by Crippen LogP contribution is -2.36. The molecule has 5 nitrogen and oxygen atoms in total. The quantitative estimate of drug-likeness (QED) is 0.817. The van der Waals surface area contributed by atoms with Crippen LogP contribution in [0, 0.1) is 5.82 Å². The fourth-order valence-corrected chi connectivity index (χ4v) is 6.28. The van der Waals surface area contributed by atoms with E-state index < -0.39 is 15.8 Å². The maximum atomic E-state index is 13.2. The third-order valence-corrected chi connectivity index (χ3v) is 8.00. The summed E-state index contributed by atoms with van der Waals surface area (Å²) < 4.78 is 40.8. The zero-order valence-electron chi connectivity index (χ0n) is 15.2. The molecule has 2 aromatic rings. The van der Waals surface area contributed by atoms with Crippen molar-refractivity contribution in [1.82, 2.24) is 5.32 Å². The number of carbonyl (C=O) groups excluding carboxylic acids is 1. The first-order valence-electron chi connectivity index (χ1n) is 9.31. The van der Waals surface area contributed by atoms with Crippen LogP contribution >= 0.6 is 11.8 Å². The molecule has 1 amide bonds. The first kappa shape index (κ1) is 19.3. The molecule has 1 heterocycles. The SMILES string of the molecule is O=C(NC1CCCC1)c1ccc2c(c1)N(S(=O)(=O)c1ccc(F)cc1)CCS2. The second kappa shape index (κ2) is 7.75. The van der Waals surface area contributed by atoms with E-state index in [1.165, 1.54) is 16.4 Å². The molecule has 28 heavy (non-hydrogen) atoms. The van der Waals surface area contributed by atoms with Gasteiger partial charge in [0.15, 0.2) is 0 Å². The highest BCUT2D eigenvalue weighted by atomic mass is 32.2. The average Bonchev–Trinajstić information content (AvgIpc) is 3.20. The molecule has 1 N–H and O–H groups in total. The molecule has 0 spiro atoms. The van der Waals surface area contributed by atoms with Crippen LogP contribution in [0.4, 0.5) is 10.1 Å². The van der Waals surface area contributed by atoms with Crippen molar-refractivity contribution in [3.8, 4) is 0 Å². The van der Waals surface area contributed by atoms with Crippen LogP contribution in [0.1, 0.15) is 36.0 Å². The standard InChI is InChI=1S/C20H21FN2O3S2/c21-15-6-8-17(9-7-15)28(25,26)23-11-12-27-19-10-5-14(13-18(19)23)20(24)22-16-3-1-2-4-16/h5-10,13,16H,1-4,11-12H2,(H,22,24). The molecule has 2 aliphatic rings. The molecule has 4 rings (SSSR count). The minimum Gasteiger partial charge on any atom is -0.349 e. The van der Waals surface area contributed by atoms with E-state index in [0.717, 1.165) is 42.7 Å². The number of halogens is 1. The van der Waals surface area contributed by atoms with Gasteiger partial charge in [-0.25, -0.2) is 12.8 Å². The van der Waals surface area contributed by atoms with Crippen molar-refractivity contribution < 1.29 is 17.6 Å². The normalized spacial score (nSPS) is 17.4. The number of carbonyl (C=O) groups is 1. The highest BCUT2D eigenvalue weighted by Gasteiger charge is 2.30. The molecule has 1 fully saturated rings. The summed E-state index contributed by atoms with van der Waals surface area (Å²) in [6.45, 7) is 0.297. The molecule has 8 heteroatoms. The number of sulfonamides is 1. The molecule has 0 bridgehead atoms. The van der Waals surface area contributed by atoms with Crippen molar-refractivity contribution >= 4 is 33.4 Å². The third-order valence-electron chi connectivity index (χ3n) is 5.13. The fourth-order valence-electron chi connectivity index (χ4n) is 3.66. The number of hydrogen-bond donors (Lipinski definition) is 1. The summed E-state index contributed by atoms with van der Waals surface area (Å²) in [7, 11) is -3.84. The van der Waals surface area contributed by atoms with Crippen LogP contribution in [0.3, 0.4) is 0 Å². The Bertz CT molecular complexity index is 987.